The summed E-state index contributed by atoms with van der Waals surface area (Å²) in [6, 6.07) is 0. The van der Waals surface area contributed by atoms with Crippen molar-refractivity contribution in [2.45, 2.75) is 149 Å². The molecule has 0 saturated heterocycles. The van der Waals surface area contributed by atoms with Gasteiger partial charge in [0.1, 0.15) is 0 Å². The van der Waals surface area contributed by atoms with Crippen molar-refractivity contribution >= 4 is 7.82 Å². The van der Waals surface area contributed by atoms with Gasteiger partial charge in [-0.3, -0.25) is 4.52 Å². The number of phosphoric ester groups is 1. The fourth-order valence-corrected chi connectivity index (χ4v) is 5.43. The zero-order chi connectivity index (χ0) is 22.0. The highest BCUT2D eigenvalue weighted by Crippen LogP contribution is 2.50. The molecule has 0 aromatic heterocycles. The van der Waals surface area contributed by atoms with Gasteiger partial charge >= 0.3 is 7.82 Å². The Labute approximate surface area is 181 Å². The van der Waals surface area contributed by atoms with Crippen molar-refractivity contribution < 1.29 is 18.9 Å². The molecule has 0 spiro atoms. The third kappa shape index (κ3) is 14.7. The molecular weight excluding hydrogens is 383 g/mol. The van der Waals surface area contributed by atoms with Crippen LogP contribution in [-0.4, -0.2) is 15.4 Å². The molecular formula is C24H51O4P. The molecule has 5 heteroatoms. The fourth-order valence-electron chi connectivity index (χ4n) is 4.59. The summed E-state index contributed by atoms with van der Waals surface area (Å²) in [4.78, 5) is 19.4. The average molecular weight is 435 g/mol. The minimum Gasteiger partial charge on any atom is -0.303 e. The molecule has 0 aliphatic heterocycles. The van der Waals surface area contributed by atoms with Gasteiger partial charge in [0, 0.05) is 0 Å². The minimum atomic E-state index is -4.51. The van der Waals surface area contributed by atoms with E-state index < -0.39 is 13.4 Å². The van der Waals surface area contributed by atoms with Gasteiger partial charge in [0.15, 0.2) is 0 Å². The second-order valence-corrected chi connectivity index (χ2v) is 10.1. The second kappa shape index (κ2) is 17.8. The fraction of sp³-hybridized carbons (Fsp3) is 1.00. The molecule has 0 saturated carbocycles. The molecule has 176 valence electrons. The largest absolute Gasteiger partial charge is 0.470 e. The Kier molecular flexibility index (Phi) is 17.8. The lowest BCUT2D eigenvalue weighted by atomic mass is 9.75. The number of rotatable bonds is 21. The van der Waals surface area contributed by atoms with E-state index in [-0.39, 0.29) is 5.92 Å². The van der Waals surface area contributed by atoms with E-state index in [9.17, 15) is 14.4 Å². The van der Waals surface area contributed by atoms with Crippen LogP contribution >= 0.6 is 7.82 Å². The van der Waals surface area contributed by atoms with Crippen molar-refractivity contribution in [3.63, 3.8) is 0 Å². The summed E-state index contributed by atoms with van der Waals surface area (Å²) in [5.74, 6) is 0.238. The zero-order valence-corrected chi connectivity index (χ0v) is 20.9. The van der Waals surface area contributed by atoms with Crippen LogP contribution in [0.15, 0.2) is 0 Å². The molecule has 0 aliphatic carbocycles. The van der Waals surface area contributed by atoms with E-state index in [1.807, 2.05) is 6.92 Å². The second-order valence-electron chi connectivity index (χ2n) is 8.91. The minimum absolute atomic E-state index is 0.238. The maximum Gasteiger partial charge on any atom is 0.470 e. The quantitative estimate of drug-likeness (QED) is 0.140. The maximum absolute atomic E-state index is 11.9. The van der Waals surface area contributed by atoms with Crippen LogP contribution in [0.4, 0.5) is 0 Å². The Balaban J connectivity index is 5.02. The topological polar surface area (TPSA) is 66.8 Å². The first-order chi connectivity index (χ1) is 13.8. The van der Waals surface area contributed by atoms with Crippen LogP contribution < -0.4 is 0 Å². The first-order valence-corrected chi connectivity index (χ1v) is 14.1. The Hall–Kier alpha value is 0.110. The SMILES string of the molecule is CCCCCCCCC(CCCC)C(CC)(CCCCCCCC)OP(=O)(O)O. The highest BCUT2D eigenvalue weighted by molar-refractivity contribution is 7.46. The van der Waals surface area contributed by atoms with E-state index >= 15 is 0 Å². The van der Waals surface area contributed by atoms with Crippen LogP contribution in [-0.2, 0) is 9.09 Å². The predicted molar refractivity (Wildman–Crippen MR) is 125 cm³/mol. The van der Waals surface area contributed by atoms with Gasteiger partial charge in [0.05, 0.1) is 5.60 Å². The lowest BCUT2D eigenvalue weighted by Crippen LogP contribution is -2.40. The lowest BCUT2D eigenvalue weighted by molar-refractivity contribution is -0.0364. The van der Waals surface area contributed by atoms with Gasteiger partial charge in [0.2, 0.25) is 0 Å². The van der Waals surface area contributed by atoms with Crippen LogP contribution in [0.1, 0.15) is 143 Å². The van der Waals surface area contributed by atoms with E-state index in [4.69, 9.17) is 4.52 Å². The van der Waals surface area contributed by atoms with Gasteiger partial charge in [-0.2, -0.15) is 0 Å². The van der Waals surface area contributed by atoms with Crippen LogP contribution in [0.2, 0.25) is 0 Å². The molecule has 0 fully saturated rings. The van der Waals surface area contributed by atoms with E-state index in [2.05, 4.69) is 20.8 Å². The molecule has 0 aliphatic rings. The first-order valence-electron chi connectivity index (χ1n) is 12.6. The van der Waals surface area contributed by atoms with Crippen LogP contribution in [0, 0.1) is 5.92 Å². The monoisotopic (exact) mass is 434 g/mol. The van der Waals surface area contributed by atoms with E-state index in [0.29, 0.717) is 6.42 Å². The third-order valence-electron chi connectivity index (χ3n) is 6.41. The smallest absolute Gasteiger partial charge is 0.303 e. The average Bonchev–Trinajstić information content (AvgIpc) is 2.67. The summed E-state index contributed by atoms with van der Waals surface area (Å²) in [5.41, 5.74) is -0.678. The maximum atomic E-state index is 11.9. The van der Waals surface area contributed by atoms with Gasteiger partial charge < -0.3 is 9.79 Å². The van der Waals surface area contributed by atoms with Crippen molar-refractivity contribution in [1.29, 1.82) is 0 Å². The highest BCUT2D eigenvalue weighted by Gasteiger charge is 2.42. The summed E-state index contributed by atoms with van der Waals surface area (Å²) < 4.78 is 17.5. The molecule has 0 rings (SSSR count). The van der Waals surface area contributed by atoms with Gasteiger partial charge in [-0.25, -0.2) is 4.57 Å². The van der Waals surface area contributed by atoms with Crippen molar-refractivity contribution in [3.05, 3.63) is 0 Å². The van der Waals surface area contributed by atoms with Crippen LogP contribution in [0.5, 0.6) is 0 Å². The number of hydrogen-bond acceptors (Lipinski definition) is 2. The van der Waals surface area contributed by atoms with Crippen molar-refractivity contribution in [1.82, 2.24) is 0 Å². The summed E-state index contributed by atoms with van der Waals surface area (Å²) >= 11 is 0. The normalized spacial score (nSPS) is 15.4. The molecule has 29 heavy (non-hydrogen) atoms. The summed E-state index contributed by atoms with van der Waals surface area (Å²) in [7, 11) is -4.51. The molecule has 0 bridgehead atoms. The van der Waals surface area contributed by atoms with Gasteiger partial charge in [-0.15, -0.1) is 0 Å². The summed E-state index contributed by atoms with van der Waals surface area (Å²) in [5, 5.41) is 0. The zero-order valence-electron chi connectivity index (χ0n) is 20.0. The summed E-state index contributed by atoms with van der Waals surface area (Å²) in [6.07, 6.45) is 20.3. The molecule has 2 N–H and O–H groups in total. The molecule has 2 unspecified atom stereocenters. The molecule has 0 radical (unpaired) electrons. The standard InChI is InChI=1S/C24H51O4P/c1-5-9-12-14-16-18-21-23(20-11-7-3)24(8-4,28-29(25,26)27)22-19-17-15-13-10-6-2/h23H,5-22H2,1-4H3,(H2,25,26,27). The molecule has 0 aromatic carbocycles. The number of hydrogen-bond donors (Lipinski definition) is 2. The lowest BCUT2D eigenvalue weighted by Gasteiger charge is -2.40. The van der Waals surface area contributed by atoms with Crippen molar-refractivity contribution in [3.8, 4) is 0 Å². The Bertz CT molecular complexity index is 410. The summed E-state index contributed by atoms with van der Waals surface area (Å²) in [6.45, 7) is 8.69. The van der Waals surface area contributed by atoms with Crippen molar-refractivity contribution in [2.75, 3.05) is 0 Å². The van der Waals surface area contributed by atoms with Gasteiger partial charge in [-0.05, 0) is 31.6 Å². The first kappa shape index (κ1) is 29.1. The van der Waals surface area contributed by atoms with E-state index in [1.54, 1.807) is 0 Å². The highest BCUT2D eigenvalue weighted by atomic mass is 31.2. The van der Waals surface area contributed by atoms with Gasteiger partial charge in [0.25, 0.3) is 0 Å². The molecule has 0 heterocycles. The van der Waals surface area contributed by atoms with E-state index in [0.717, 1.165) is 51.4 Å². The third-order valence-corrected chi connectivity index (χ3v) is 7.01. The molecule has 4 nitrogen and oxygen atoms in total. The Morgan fingerprint density at radius 1 is 0.690 bits per heavy atom. The Morgan fingerprint density at radius 2 is 1.14 bits per heavy atom. The predicted octanol–water partition coefficient (Wildman–Crippen LogP) is 8.55. The molecule has 0 aromatic rings. The van der Waals surface area contributed by atoms with Crippen molar-refractivity contribution in [2.24, 2.45) is 5.92 Å². The van der Waals surface area contributed by atoms with Crippen LogP contribution in [0.3, 0.4) is 0 Å². The van der Waals surface area contributed by atoms with Crippen LogP contribution in [0.25, 0.3) is 0 Å². The molecule has 2 atom stereocenters. The van der Waals surface area contributed by atoms with E-state index in [1.165, 1.54) is 57.8 Å². The number of phosphoric acid groups is 1. The number of unbranched alkanes of at least 4 members (excludes halogenated alkanes) is 11. The molecule has 0 amide bonds. The van der Waals surface area contributed by atoms with Gasteiger partial charge in [-0.1, -0.05) is 118 Å². The Morgan fingerprint density at radius 3 is 1.62 bits per heavy atom.